The molecule has 0 aliphatic rings. The third kappa shape index (κ3) is 3.66. The largest absolute Gasteiger partial charge is 0.480 e. The number of hydrogen-bond acceptors (Lipinski definition) is 6. The third-order valence-electron chi connectivity index (χ3n) is 2.05. The fraction of sp³-hybridized carbons (Fsp3) is 0.556. The summed E-state index contributed by atoms with van der Waals surface area (Å²) in [5, 5.41) is 14.7. The maximum Gasteiger partial charge on any atom is 0.326 e. The number of rotatable bonds is 6. The Hall–Kier alpha value is -0.790. The molecule has 90 valence electrons. The minimum Gasteiger partial charge on any atom is -0.480 e. The smallest absolute Gasteiger partial charge is 0.326 e. The molecule has 1 aromatic heterocycles. The van der Waals surface area contributed by atoms with E-state index in [9.17, 15) is 4.79 Å². The number of hydrogen-bond donors (Lipinski definition) is 3. The molecule has 5 nitrogen and oxygen atoms in total. The van der Waals surface area contributed by atoms with E-state index in [1.54, 1.807) is 17.1 Å². The first-order chi connectivity index (χ1) is 7.54. The van der Waals surface area contributed by atoms with Crippen LogP contribution in [0.5, 0.6) is 0 Å². The number of anilines is 1. The molecular weight excluding hydrogens is 246 g/mol. The zero-order valence-electron chi connectivity index (χ0n) is 9.14. The van der Waals surface area contributed by atoms with Crippen LogP contribution in [0.25, 0.3) is 0 Å². The van der Waals surface area contributed by atoms with Crippen molar-refractivity contribution in [3.8, 4) is 0 Å². The van der Waals surface area contributed by atoms with Crippen molar-refractivity contribution in [3.05, 3.63) is 11.1 Å². The van der Waals surface area contributed by atoms with Crippen LogP contribution in [0.15, 0.2) is 5.38 Å². The number of aliphatic carboxylic acids is 1. The first-order valence-electron chi connectivity index (χ1n) is 4.75. The molecule has 7 heteroatoms. The summed E-state index contributed by atoms with van der Waals surface area (Å²) in [5.41, 5.74) is 5.85. The van der Waals surface area contributed by atoms with E-state index in [-0.39, 0.29) is 0 Å². The first-order valence-corrected chi connectivity index (χ1v) is 6.91. The Labute approximate surface area is 102 Å². The molecule has 1 rings (SSSR count). The van der Waals surface area contributed by atoms with Gasteiger partial charge >= 0.3 is 5.97 Å². The van der Waals surface area contributed by atoms with Crippen LogP contribution >= 0.6 is 23.1 Å². The van der Waals surface area contributed by atoms with Crippen LogP contribution in [0.2, 0.25) is 0 Å². The highest BCUT2D eigenvalue weighted by molar-refractivity contribution is 7.99. The standard InChI is InChI=1S/C9H15N3O2S2/c1-5(15-2)3-11-9-12-6(4-16-9)7(10)8(13)14/h4-5,7H,3,10H2,1-2H3,(H,11,12)(H,13,14). The van der Waals surface area contributed by atoms with E-state index in [1.807, 2.05) is 6.26 Å². The average molecular weight is 261 g/mol. The summed E-state index contributed by atoms with van der Waals surface area (Å²) in [4.78, 5) is 14.8. The normalized spacial score (nSPS) is 14.4. The van der Waals surface area contributed by atoms with Gasteiger partial charge in [0.15, 0.2) is 5.13 Å². The molecule has 0 aromatic carbocycles. The van der Waals surface area contributed by atoms with Crippen molar-refractivity contribution >= 4 is 34.2 Å². The number of aromatic nitrogens is 1. The molecule has 1 heterocycles. The van der Waals surface area contributed by atoms with Gasteiger partial charge in [-0.05, 0) is 6.26 Å². The van der Waals surface area contributed by atoms with Gasteiger partial charge in [0, 0.05) is 17.2 Å². The number of carboxylic acids is 1. The van der Waals surface area contributed by atoms with Gasteiger partial charge in [-0.15, -0.1) is 11.3 Å². The molecule has 4 N–H and O–H groups in total. The second-order valence-corrected chi connectivity index (χ2v) is 5.45. The lowest BCUT2D eigenvalue weighted by molar-refractivity contribution is -0.138. The van der Waals surface area contributed by atoms with Gasteiger partial charge in [0.1, 0.15) is 6.04 Å². The van der Waals surface area contributed by atoms with E-state index < -0.39 is 12.0 Å². The Morgan fingerprint density at radius 3 is 3.06 bits per heavy atom. The van der Waals surface area contributed by atoms with Crippen LogP contribution in [0, 0.1) is 0 Å². The Morgan fingerprint density at radius 1 is 1.81 bits per heavy atom. The van der Waals surface area contributed by atoms with Crippen molar-refractivity contribution in [1.82, 2.24) is 4.98 Å². The van der Waals surface area contributed by atoms with Crippen LogP contribution in [-0.2, 0) is 4.79 Å². The predicted octanol–water partition coefficient (Wildman–Crippen LogP) is 1.39. The predicted molar refractivity (Wildman–Crippen MR) is 68.1 cm³/mol. The van der Waals surface area contributed by atoms with Crippen molar-refractivity contribution < 1.29 is 9.90 Å². The molecule has 0 saturated heterocycles. The number of nitrogens with one attached hydrogen (secondary N) is 1. The lowest BCUT2D eigenvalue weighted by Gasteiger charge is -2.08. The van der Waals surface area contributed by atoms with Crippen LogP contribution in [0.1, 0.15) is 18.7 Å². The van der Waals surface area contributed by atoms with Gasteiger partial charge in [-0.25, -0.2) is 4.98 Å². The summed E-state index contributed by atoms with van der Waals surface area (Å²) in [6.07, 6.45) is 2.04. The Morgan fingerprint density at radius 2 is 2.50 bits per heavy atom. The molecule has 0 fully saturated rings. The van der Waals surface area contributed by atoms with Crippen molar-refractivity contribution in [2.45, 2.75) is 18.2 Å². The highest BCUT2D eigenvalue weighted by Crippen LogP contribution is 2.20. The zero-order valence-corrected chi connectivity index (χ0v) is 10.8. The lowest BCUT2D eigenvalue weighted by atomic mass is 10.2. The molecule has 0 aliphatic heterocycles. The minimum absolute atomic E-state index is 0.400. The van der Waals surface area contributed by atoms with Gasteiger partial charge in [-0.1, -0.05) is 6.92 Å². The van der Waals surface area contributed by atoms with Crippen LogP contribution < -0.4 is 11.1 Å². The molecule has 0 spiro atoms. The number of nitrogens with zero attached hydrogens (tertiary/aromatic N) is 1. The van der Waals surface area contributed by atoms with E-state index in [2.05, 4.69) is 17.2 Å². The SMILES string of the molecule is CSC(C)CNc1nc(C(N)C(=O)O)cs1. The molecule has 0 amide bonds. The van der Waals surface area contributed by atoms with E-state index >= 15 is 0 Å². The van der Waals surface area contributed by atoms with Gasteiger partial charge in [-0.3, -0.25) is 4.79 Å². The molecule has 0 bridgehead atoms. The second-order valence-electron chi connectivity index (χ2n) is 3.32. The molecule has 1 aromatic rings. The topological polar surface area (TPSA) is 88.2 Å². The Balaban J connectivity index is 2.55. The van der Waals surface area contributed by atoms with Crippen molar-refractivity contribution in [1.29, 1.82) is 0 Å². The molecule has 0 saturated carbocycles. The molecule has 2 unspecified atom stereocenters. The molecular formula is C9H15N3O2S2. The van der Waals surface area contributed by atoms with Gasteiger partial charge < -0.3 is 16.2 Å². The number of thiazole rings is 1. The average Bonchev–Trinajstić information content (AvgIpc) is 2.73. The Bertz CT molecular complexity index is 356. The summed E-state index contributed by atoms with van der Waals surface area (Å²) >= 11 is 3.13. The summed E-state index contributed by atoms with van der Waals surface area (Å²) < 4.78 is 0. The summed E-state index contributed by atoms with van der Waals surface area (Å²) in [7, 11) is 0. The fourth-order valence-electron chi connectivity index (χ4n) is 0.951. The van der Waals surface area contributed by atoms with Crippen LogP contribution in [-0.4, -0.2) is 34.1 Å². The van der Waals surface area contributed by atoms with Crippen molar-refractivity contribution in [2.75, 3.05) is 18.1 Å². The third-order valence-corrected chi connectivity index (χ3v) is 3.84. The molecule has 0 radical (unpaired) electrons. The maximum absolute atomic E-state index is 10.6. The first kappa shape index (κ1) is 13.3. The van der Waals surface area contributed by atoms with Gasteiger partial charge in [0.2, 0.25) is 0 Å². The summed E-state index contributed by atoms with van der Waals surface area (Å²) in [6.45, 7) is 2.91. The second kappa shape index (κ2) is 6.07. The highest BCUT2D eigenvalue weighted by Gasteiger charge is 2.17. The molecule has 16 heavy (non-hydrogen) atoms. The van der Waals surface area contributed by atoms with Crippen LogP contribution in [0.3, 0.4) is 0 Å². The van der Waals surface area contributed by atoms with E-state index in [4.69, 9.17) is 10.8 Å². The number of thioether (sulfide) groups is 1. The lowest BCUT2D eigenvalue weighted by Crippen LogP contribution is -2.21. The Kier molecular flexibility index (Phi) is 5.04. The van der Waals surface area contributed by atoms with E-state index in [0.29, 0.717) is 16.1 Å². The van der Waals surface area contributed by atoms with Crippen molar-refractivity contribution in [3.63, 3.8) is 0 Å². The van der Waals surface area contributed by atoms with Gasteiger partial charge in [0.05, 0.1) is 5.69 Å². The van der Waals surface area contributed by atoms with Gasteiger partial charge in [0.25, 0.3) is 0 Å². The monoisotopic (exact) mass is 261 g/mol. The van der Waals surface area contributed by atoms with Gasteiger partial charge in [-0.2, -0.15) is 11.8 Å². The highest BCUT2D eigenvalue weighted by atomic mass is 32.2. The molecule has 0 aliphatic carbocycles. The van der Waals surface area contributed by atoms with E-state index in [0.717, 1.165) is 6.54 Å². The van der Waals surface area contributed by atoms with E-state index in [1.165, 1.54) is 11.3 Å². The maximum atomic E-state index is 10.6. The zero-order chi connectivity index (χ0) is 12.1. The number of nitrogens with two attached hydrogens (primary N) is 1. The summed E-state index contributed by atoms with van der Waals surface area (Å²) in [5.74, 6) is -1.06. The number of carbonyl (C=O) groups is 1. The number of carboxylic acid groups (broad SMARTS) is 1. The minimum atomic E-state index is -1.06. The fourth-order valence-corrected chi connectivity index (χ4v) is 1.96. The molecule has 2 atom stereocenters. The summed E-state index contributed by atoms with van der Waals surface area (Å²) in [6, 6.07) is -1.04. The van der Waals surface area contributed by atoms with Crippen molar-refractivity contribution in [2.24, 2.45) is 5.73 Å². The quantitative estimate of drug-likeness (QED) is 0.717. The van der Waals surface area contributed by atoms with Crippen LogP contribution in [0.4, 0.5) is 5.13 Å².